The van der Waals surface area contributed by atoms with Crippen LogP contribution < -0.4 is 5.32 Å². The van der Waals surface area contributed by atoms with E-state index in [0.29, 0.717) is 5.58 Å². The van der Waals surface area contributed by atoms with Crippen molar-refractivity contribution in [2.75, 3.05) is 20.6 Å². The van der Waals surface area contributed by atoms with Gasteiger partial charge >= 0.3 is 0 Å². The van der Waals surface area contributed by atoms with Gasteiger partial charge in [-0.1, -0.05) is 26.0 Å². The lowest BCUT2D eigenvalue weighted by Crippen LogP contribution is -2.51. The van der Waals surface area contributed by atoms with Crippen molar-refractivity contribution in [3.8, 4) is 0 Å². The molecule has 2 unspecified atom stereocenters. The summed E-state index contributed by atoms with van der Waals surface area (Å²) in [5.74, 6) is 0.479. The zero-order valence-electron chi connectivity index (χ0n) is 13.5. The number of benzene rings is 1. The van der Waals surface area contributed by atoms with E-state index in [-0.39, 0.29) is 17.4 Å². The van der Waals surface area contributed by atoms with E-state index in [2.05, 4.69) is 45.1 Å². The van der Waals surface area contributed by atoms with E-state index in [4.69, 9.17) is 4.42 Å². The van der Waals surface area contributed by atoms with E-state index in [1.54, 1.807) is 6.07 Å². The molecule has 2 rings (SSSR count). The molecule has 1 aromatic carbocycles. The Morgan fingerprint density at radius 2 is 2.05 bits per heavy atom. The van der Waals surface area contributed by atoms with Crippen molar-refractivity contribution < 1.29 is 8.81 Å². The summed E-state index contributed by atoms with van der Waals surface area (Å²) < 4.78 is 19.7. The van der Waals surface area contributed by atoms with E-state index in [1.165, 1.54) is 6.07 Å². The Morgan fingerprint density at radius 3 is 2.57 bits per heavy atom. The molecule has 2 atom stereocenters. The van der Waals surface area contributed by atoms with Gasteiger partial charge in [0, 0.05) is 10.9 Å². The van der Waals surface area contributed by atoms with Crippen molar-refractivity contribution >= 4 is 11.0 Å². The van der Waals surface area contributed by atoms with Crippen molar-refractivity contribution in [1.82, 2.24) is 10.2 Å². The van der Waals surface area contributed by atoms with Gasteiger partial charge in [-0.3, -0.25) is 0 Å². The topological polar surface area (TPSA) is 28.4 Å². The third kappa shape index (κ3) is 2.83. The van der Waals surface area contributed by atoms with E-state index in [9.17, 15) is 4.39 Å². The minimum absolute atomic E-state index is 0.00861. The van der Waals surface area contributed by atoms with Crippen molar-refractivity contribution in [2.24, 2.45) is 0 Å². The molecule has 3 nitrogen and oxygen atoms in total. The Labute approximate surface area is 126 Å². The third-order valence-electron chi connectivity index (χ3n) is 4.57. The largest absolute Gasteiger partial charge is 0.456 e. The van der Waals surface area contributed by atoms with Gasteiger partial charge in [0.2, 0.25) is 0 Å². The summed E-state index contributed by atoms with van der Waals surface area (Å²) in [5.41, 5.74) is 0.230. The van der Waals surface area contributed by atoms with Crippen LogP contribution in [0, 0.1) is 5.82 Å². The van der Waals surface area contributed by atoms with Crippen molar-refractivity contribution in [2.45, 2.75) is 38.8 Å². The summed E-state index contributed by atoms with van der Waals surface area (Å²) in [6.07, 6.45) is 0.956. The van der Waals surface area contributed by atoms with Gasteiger partial charge in [0.1, 0.15) is 5.76 Å². The molecule has 1 heterocycles. The van der Waals surface area contributed by atoms with Crippen LogP contribution in [0.1, 0.15) is 39.0 Å². The lowest BCUT2D eigenvalue weighted by Gasteiger charge is -2.42. The molecule has 1 aromatic heterocycles. The second-order valence-corrected chi connectivity index (χ2v) is 5.90. The van der Waals surface area contributed by atoms with Gasteiger partial charge in [0.05, 0.1) is 6.04 Å². The summed E-state index contributed by atoms with van der Waals surface area (Å²) in [4.78, 5) is 2.20. The molecule has 0 bridgehead atoms. The Morgan fingerprint density at radius 1 is 1.33 bits per heavy atom. The van der Waals surface area contributed by atoms with E-state index < -0.39 is 0 Å². The highest BCUT2D eigenvalue weighted by atomic mass is 19.1. The Hall–Kier alpha value is -1.39. The molecule has 0 saturated heterocycles. The second kappa shape index (κ2) is 6.16. The zero-order valence-corrected chi connectivity index (χ0v) is 13.5. The molecule has 2 aromatic rings. The van der Waals surface area contributed by atoms with Crippen molar-refractivity contribution in [3.63, 3.8) is 0 Å². The molecule has 0 spiro atoms. The quantitative estimate of drug-likeness (QED) is 0.873. The number of likely N-dealkylation sites (N-methyl/N-ethyl adjacent to an activating group) is 2. The standard InChI is InChI=1S/C17H25FN2O/c1-6-17(3,20(4)5)16(19-7-2)14-11-12-9-8-10-13(18)15(12)21-14/h8-11,16,19H,6-7H2,1-5H3. The van der Waals surface area contributed by atoms with Crippen LogP contribution in [0.4, 0.5) is 4.39 Å². The van der Waals surface area contributed by atoms with Gasteiger partial charge < -0.3 is 14.6 Å². The minimum Gasteiger partial charge on any atom is -0.456 e. The first-order valence-corrected chi connectivity index (χ1v) is 7.52. The minimum atomic E-state index is -0.308. The summed E-state index contributed by atoms with van der Waals surface area (Å²) in [6, 6.07) is 6.98. The van der Waals surface area contributed by atoms with Gasteiger partial charge in [0.25, 0.3) is 0 Å². The molecule has 0 fully saturated rings. The predicted octanol–water partition coefficient (Wildman–Crippen LogP) is 3.95. The molecular formula is C17H25FN2O. The van der Waals surface area contributed by atoms with Gasteiger partial charge in [0.15, 0.2) is 11.4 Å². The Bertz CT molecular complexity index is 608. The summed E-state index contributed by atoms with van der Waals surface area (Å²) >= 11 is 0. The highest BCUT2D eigenvalue weighted by molar-refractivity contribution is 5.78. The highest BCUT2D eigenvalue weighted by Gasteiger charge is 2.37. The maximum atomic E-state index is 13.9. The average molecular weight is 292 g/mol. The summed E-state index contributed by atoms with van der Waals surface area (Å²) in [7, 11) is 4.13. The fourth-order valence-electron chi connectivity index (χ4n) is 2.80. The first-order valence-electron chi connectivity index (χ1n) is 7.52. The van der Waals surface area contributed by atoms with Crippen LogP contribution in [-0.2, 0) is 0 Å². The SMILES string of the molecule is CCNC(c1cc2cccc(F)c2o1)C(C)(CC)N(C)C. The van der Waals surface area contributed by atoms with Gasteiger partial charge in [-0.25, -0.2) is 4.39 Å². The molecule has 0 aliphatic rings. The van der Waals surface area contributed by atoms with Crippen LogP contribution in [0.15, 0.2) is 28.7 Å². The zero-order chi connectivity index (χ0) is 15.6. The van der Waals surface area contributed by atoms with Crippen LogP contribution >= 0.6 is 0 Å². The Kier molecular flexibility index (Phi) is 4.69. The molecule has 4 heteroatoms. The smallest absolute Gasteiger partial charge is 0.169 e. The lowest BCUT2D eigenvalue weighted by atomic mass is 9.86. The molecular weight excluding hydrogens is 267 g/mol. The predicted molar refractivity (Wildman–Crippen MR) is 85.0 cm³/mol. The van der Waals surface area contributed by atoms with Crippen molar-refractivity contribution in [1.29, 1.82) is 0 Å². The molecule has 0 radical (unpaired) electrons. The first-order chi connectivity index (χ1) is 9.93. The van der Waals surface area contributed by atoms with Crippen LogP contribution in [0.2, 0.25) is 0 Å². The third-order valence-corrected chi connectivity index (χ3v) is 4.57. The van der Waals surface area contributed by atoms with E-state index in [1.807, 2.05) is 12.1 Å². The van der Waals surface area contributed by atoms with E-state index in [0.717, 1.165) is 24.1 Å². The number of rotatable bonds is 6. The molecule has 116 valence electrons. The fraction of sp³-hybridized carbons (Fsp3) is 0.529. The maximum Gasteiger partial charge on any atom is 0.169 e. The lowest BCUT2D eigenvalue weighted by molar-refractivity contribution is 0.103. The molecule has 0 aliphatic carbocycles. The summed E-state index contributed by atoms with van der Waals surface area (Å²) in [5, 5.41) is 4.30. The number of hydrogen-bond acceptors (Lipinski definition) is 3. The first kappa shape index (κ1) is 16.0. The number of fused-ring (bicyclic) bond motifs is 1. The van der Waals surface area contributed by atoms with Crippen LogP contribution in [-0.4, -0.2) is 31.1 Å². The number of nitrogens with zero attached hydrogens (tertiary/aromatic N) is 1. The Balaban J connectivity index is 2.52. The molecule has 0 amide bonds. The fourth-order valence-corrected chi connectivity index (χ4v) is 2.80. The van der Waals surface area contributed by atoms with Gasteiger partial charge in [-0.2, -0.15) is 0 Å². The van der Waals surface area contributed by atoms with Crippen LogP contribution in [0.5, 0.6) is 0 Å². The molecule has 1 N–H and O–H groups in total. The average Bonchev–Trinajstić information content (AvgIpc) is 2.88. The van der Waals surface area contributed by atoms with Crippen molar-refractivity contribution in [3.05, 3.63) is 35.8 Å². The van der Waals surface area contributed by atoms with Crippen LogP contribution in [0.25, 0.3) is 11.0 Å². The number of halogens is 1. The van der Waals surface area contributed by atoms with Gasteiger partial charge in [-0.05, 0) is 46.1 Å². The molecule has 0 aliphatic heterocycles. The molecule has 21 heavy (non-hydrogen) atoms. The highest BCUT2D eigenvalue weighted by Crippen LogP contribution is 2.36. The number of hydrogen-bond donors (Lipinski definition) is 1. The number of furan rings is 1. The monoisotopic (exact) mass is 292 g/mol. The van der Waals surface area contributed by atoms with E-state index >= 15 is 0 Å². The number of para-hydroxylation sites is 1. The molecule has 0 saturated carbocycles. The normalized spacial score (nSPS) is 16.3. The van der Waals surface area contributed by atoms with Gasteiger partial charge in [-0.15, -0.1) is 0 Å². The second-order valence-electron chi connectivity index (χ2n) is 5.90. The summed E-state index contributed by atoms with van der Waals surface area (Å²) in [6.45, 7) is 7.26. The maximum absolute atomic E-state index is 13.9. The van der Waals surface area contributed by atoms with Crippen LogP contribution in [0.3, 0.4) is 0 Å². The number of nitrogens with one attached hydrogen (secondary N) is 1.